The second-order valence-corrected chi connectivity index (χ2v) is 3.29. The summed E-state index contributed by atoms with van der Waals surface area (Å²) in [5, 5.41) is 11.3. The van der Waals surface area contributed by atoms with E-state index in [-0.39, 0.29) is 12.5 Å². The van der Waals surface area contributed by atoms with Crippen molar-refractivity contribution >= 4 is 5.91 Å². The lowest BCUT2D eigenvalue weighted by molar-refractivity contribution is -0.121. The van der Waals surface area contributed by atoms with Crippen LogP contribution in [0.1, 0.15) is 18.4 Å². The standard InChI is InChI=1S/C11H16N2O2/c14-8-2-7-13-11(15)5-4-10-3-1-6-12-9-10/h1,3,6,9,14H,2,4-5,7-8H2,(H,13,15). The largest absolute Gasteiger partial charge is 0.396 e. The minimum atomic E-state index is 0.0207. The van der Waals surface area contributed by atoms with Crippen LogP contribution in [-0.2, 0) is 11.2 Å². The molecule has 0 saturated heterocycles. The molecule has 1 aromatic rings. The fourth-order valence-corrected chi connectivity index (χ4v) is 1.20. The first-order chi connectivity index (χ1) is 7.33. The predicted octanol–water partition coefficient (Wildman–Crippen LogP) is 0.513. The topological polar surface area (TPSA) is 62.2 Å². The van der Waals surface area contributed by atoms with E-state index in [0.717, 1.165) is 5.56 Å². The van der Waals surface area contributed by atoms with E-state index in [9.17, 15) is 4.79 Å². The Morgan fingerprint density at radius 2 is 2.40 bits per heavy atom. The first kappa shape index (κ1) is 11.7. The maximum Gasteiger partial charge on any atom is 0.220 e. The van der Waals surface area contributed by atoms with Gasteiger partial charge in [-0.2, -0.15) is 0 Å². The smallest absolute Gasteiger partial charge is 0.220 e. The third kappa shape index (κ3) is 5.12. The minimum absolute atomic E-state index is 0.0207. The maximum absolute atomic E-state index is 11.3. The molecule has 15 heavy (non-hydrogen) atoms. The maximum atomic E-state index is 11.3. The van der Waals surface area contributed by atoms with Crippen LogP contribution in [0.5, 0.6) is 0 Å². The van der Waals surface area contributed by atoms with Crippen LogP contribution in [0, 0.1) is 0 Å². The van der Waals surface area contributed by atoms with Gasteiger partial charge in [0, 0.05) is 32.0 Å². The monoisotopic (exact) mass is 208 g/mol. The fourth-order valence-electron chi connectivity index (χ4n) is 1.20. The minimum Gasteiger partial charge on any atom is -0.396 e. The number of aliphatic hydroxyl groups is 1. The van der Waals surface area contributed by atoms with Crippen molar-refractivity contribution in [1.29, 1.82) is 0 Å². The van der Waals surface area contributed by atoms with Crippen molar-refractivity contribution in [2.24, 2.45) is 0 Å². The molecule has 0 saturated carbocycles. The molecule has 0 radical (unpaired) electrons. The number of rotatable bonds is 6. The van der Waals surface area contributed by atoms with Crippen molar-refractivity contribution in [2.75, 3.05) is 13.2 Å². The molecule has 0 aliphatic heterocycles. The van der Waals surface area contributed by atoms with Crippen molar-refractivity contribution in [3.05, 3.63) is 30.1 Å². The molecule has 1 rings (SSSR count). The van der Waals surface area contributed by atoms with E-state index in [4.69, 9.17) is 5.11 Å². The molecule has 0 spiro atoms. The summed E-state index contributed by atoms with van der Waals surface area (Å²) in [6.07, 6.45) is 5.26. The van der Waals surface area contributed by atoms with Gasteiger partial charge in [0.25, 0.3) is 0 Å². The first-order valence-corrected chi connectivity index (χ1v) is 5.09. The van der Waals surface area contributed by atoms with Crippen LogP contribution >= 0.6 is 0 Å². The molecule has 0 unspecified atom stereocenters. The van der Waals surface area contributed by atoms with E-state index in [1.807, 2.05) is 12.1 Å². The van der Waals surface area contributed by atoms with Crippen LogP contribution in [0.4, 0.5) is 0 Å². The molecule has 0 aliphatic rings. The molecule has 0 fully saturated rings. The summed E-state index contributed by atoms with van der Waals surface area (Å²) < 4.78 is 0. The second-order valence-electron chi connectivity index (χ2n) is 3.29. The van der Waals surface area contributed by atoms with Crippen LogP contribution in [0.3, 0.4) is 0 Å². The second kappa shape index (κ2) is 6.95. The van der Waals surface area contributed by atoms with Gasteiger partial charge in [-0.05, 0) is 24.5 Å². The molecule has 4 nitrogen and oxygen atoms in total. The van der Waals surface area contributed by atoms with Gasteiger partial charge in [0.05, 0.1) is 0 Å². The molecule has 0 bridgehead atoms. The molecule has 1 heterocycles. The van der Waals surface area contributed by atoms with Gasteiger partial charge in [0.15, 0.2) is 0 Å². The number of aromatic nitrogens is 1. The summed E-state index contributed by atoms with van der Waals surface area (Å²) >= 11 is 0. The molecule has 82 valence electrons. The summed E-state index contributed by atoms with van der Waals surface area (Å²) in [4.78, 5) is 15.3. The van der Waals surface area contributed by atoms with Gasteiger partial charge < -0.3 is 10.4 Å². The highest BCUT2D eigenvalue weighted by Gasteiger charge is 2.00. The third-order valence-corrected chi connectivity index (χ3v) is 2.02. The third-order valence-electron chi connectivity index (χ3n) is 2.02. The molecule has 2 N–H and O–H groups in total. The zero-order valence-electron chi connectivity index (χ0n) is 8.65. The molecule has 0 aromatic carbocycles. The number of pyridine rings is 1. The Morgan fingerprint density at radius 1 is 1.53 bits per heavy atom. The van der Waals surface area contributed by atoms with Gasteiger partial charge in [0.2, 0.25) is 5.91 Å². The van der Waals surface area contributed by atoms with E-state index < -0.39 is 0 Å². The average molecular weight is 208 g/mol. The lowest BCUT2D eigenvalue weighted by atomic mass is 10.1. The van der Waals surface area contributed by atoms with Crippen molar-refractivity contribution in [3.8, 4) is 0 Å². The van der Waals surface area contributed by atoms with E-state index in [0.29, 0.717) is 25.8 Å². The Labute approximate surface area is 89.3 Å². The van der Waals surface area contributed by atoms with Gasteiger partial charge in [-0.15, -0.1) is 0 Å². The highest BCUT2D eigenvalue weighted by Crippen LogP contribution is 1.99. The van der Waals surface area contributed by atoms with E-state index >= 15 is 0 Å². The zero-order valence-corrected chi connectivity index (χ0v) is 8.65. The molecule has 1 aromatic heterocycles. The Balaban J connectivity index is 2.17. The van der Waals surface area contributed by atoms with Crippen molar-refractivity contribution < 1.29 is 9.90 Å². The van der Waals surface area contributed by atoms with Crippen LogP contribution < -0.4 is 5.32 Å². The number of nitrogens with zero attached hydrogens (tertiary/aromatic N) is 1. The number of hydrogen-bond donors (Lipinski definition) is 2. The van der Waals surface area contributed by atoms with Gasteiger partial charge >= 0.3 is 0 Å². The Morgan fingerprint density at radius 3 is 3.07 bits per heavy atom. The first-order valence-electron chi connectivity index (χ1n) is 5.09. The van der Waals surface area contributed by atoms with E-state index in [1.54, 1.807) is 12.4 Å². The van der Waals surface area contributed by atoms with Crippen molar-refractivity contribution in [3.63, 3.8) is 0 Å². The van der Waals surface area contributed by atoms with Crippen LogP contribution in [0.2, 0.25) is 0 Å². The van der Waals surface area contributed by atoms with E-state index in [1.165, 1.54) is 0 Å². The average Bonchev–Trinajstić information content (AvgIpc) is 2.28. The number of aliphatic hydroxyl groups excluding tert-OH is 1. The molecule has 1 amide bonds. The Kier molecular flexibility index (Phi) is 5.40. The SMILES string of the molecule is O=C(CCc1cccnc1)NCCCO. The number of carbonyl (C=O) groups excluding carboxylic acids is 1. The fraction of sp³-hybridized carbons (Fsp3) is 0.455. The van der Waals surface area contributed by atoms with Crippen molar-refractivity contribution in [2.45, 2.75) is 19.3 Å². The molecular weight excluding hydrogens is 192 g/mol. The number of carbonyl (C=O) groups is 1. The van der Waals surface area contributed by atoms with Gasteiger partial charge in [-0.1, -0.05) is 6.07 Å². The predicted molar refractivity (Wildman–Crippen MR) is 57.3 cm³/mol. The highest BCUT2D eigenvalue weighted by atomic mass is 16.3. The summed E-state index contributed by atoms with van der Waals surface area (Å²) in [5.74, 6) is 0.0207. The summed E-state index contributed by atoms with van der Waals surface area (Å²) in [6.45, 7) is 0.658. The quantitative estimate of drug-likeness (QED) is 0.670. The summed E-state index contributed by atoms with van der Waals surface area (Å²) in [7, 11) is 0. The highest BCUT2D eigenvalue weighted by molar-refractivity contribution is 5.76. The number of nitrogens with one attached hydrogen (secondary N) is 1. The lowest BCUT2D eigenvalue weighted by Gasteiger charge is -2.03. The molecule has 4 heteroatoms. The number of hydrogen-bond acceptors (Lipinski definition) is 3. The number of aryl methyl sites for hydroxylation is 1. The van der Waals surface area contributed by atoms with Crippen LogP contribution in [0.15, 0.2) is 24.5 Å². The number of amides is 1. The van der Waals surface area contributed by atoms with Gasteiger partial charge in [0.1, 0.15) is 0 Å². The summed E-state index contributed by atoms with van der Waals surface area (Å²) in [6, 6.07) is 3.81. The Bertz CT molecular complexity index is 288. The van der Waals surface area contributed by atoms with Crippen molar-refractivity contribution in [1.82, 2.24) is 10.3 Å². The zero-order chi connectivity index (χ0) is 10.9. The molecular formula is C11H16N2O2. The normalized spacial score (nSPS) is 9.93. The Hall–Kier alpha value is -1.42. The molecule has 0 atom stereocenters. The van der Waals surface area contributed by atoms with Crippen LogP contribution in [-0.4, -0.2) is 29.1 Å². The van der Waals surface area contributed by atoms with E-state index in [2.05, 4.69) is 10.3 Å². The van der Waals surface area contributed by atoms with Crippen LogP contribution in [0.25, 0.3) is 0 Å². The lowest BCUT2D eigenvalue weighted by Crippen LogP contribution is -2.25. The van der Waals surface area contributed by atoms with Gasteiger partial charge in [-0.3, -0.25) is 9.78 Å². The van der Waals surface area contributed by atoms with Gasteiger partial charge in [-0.25, -0.2) is 0 Å². The molecule has 0 aliphatic carbocycles. The summed E-state index contributed by atoms with van der Waals surface area (Å²) in [5.41, 5.74) is 1.06.